The molecule has 7 nitrogen and oxygen atoms in total. The van der Waals surface area contributed by atoms with Crippen molar-refractivity contribution in [1.82, 2.24) is 9.80 Å². The van der Waals surface area contributed by atoms with E-state index in [1.165, 1.54) is 0 Å². The molecule has 0 saturated carbocycles. The summed E-state index contributed by atoms with van der Waals surface area (Å²) < 4.78 is 17.4. The Morgan fingerprint density at radius 1 is 1.08 bits per heavy atom. The molecule has 5 fully saturated rings. The van der Waals surface area contributed by atoms with E-state index in [-0.39, 0.29) is 36.4 Å². The molecule has 5 aliphatic rings. The summed E-state index contributed by atoms with van der Waals surface area (Å²) in [6.45, 7) is 8.61. The number of nitrogens with zero attached hydrogens (tertiary/aromatic N) is 2. The molecule has 2 bridgehead atoms. The van der Waals surface area contributed by atoms with Crippen molar-refractivity contribution in [3.63, 3.8) is 0 Å². The highest BCUT2D eigenvalue weighted by Gasteiger charge is 2.53. The second-order valence-corrected chi connectivity index (χ2v) is 8.54. The van der Waals surface area contributed by atoms with Gasteiger partial charge in [0, 0.05) is 25.2 Å². The molecule has 2 N–H and O–H groups in total. The van der Waals surface area contributed by atoms with Crippen LogP contribution in [0.5, 0.6) is 0 Å². The van der Waals surface area contributed by atoms with Crippen molar-refractivity contribution in [3.8, 4) is 0 Å². The van der Waals surface area contributed by atoms with Gasteiger partial charge in [-0.2, -0.15) is 0 Å². The Bertz CT molecular complexity index is 509. The average Bonchev–Trinajstić information content (AvgIpc) is 3.09. The van der Waals surface area contributed by atoms with Gasteiger partial charge in [0.2, 0.25) is 0 Å². The molecular formula is C17H29N3O4. The fourth-order valence-electron chi connectivity index (χ4n) is 4.60. The second-order valence-electron chi connectivity index (χ2n) is 8.54. The van der Waals surface area contributed by atoms with Gasteiger partial charge < -0.3 is 24.8 Å². The second kappa shape index (κ2) is 5.83. The lowest BCUT2D eigenvalue weighted by Crippen LogP contribution is -2.67. The first-order valence-electron chi connectivity index (χ1n) is 9.07. The summed E-state index contributed by atoms with van der Waals surface area (Å²) in [5, 5.41) is 0. The van der Waals surface area contributed by atoms with Gasteiger partial charge in [-0.25, -0.2) is 4.79 Å². The normalized spacial score (nSPS) is 42.4. The third-order valence-corrected chi connectivity index (χ3v) is 5.69. The lowest BCUT2D eigenvalue weighted by atomic mass is 9.88. The fraction of sp³-hybridized carbons (Fsp3) is 0.941. The third-order valence-electron chi connectivity index (χ3n) is 5.69. The van der Waals surface area contributed by atoms with Gasteiger partial charge in [-0.3, -0.25) is 4.90 Å². The first kappa shape index (κ1) is 16.6. The largest absolute Gasteiger partial charge is 0.444 e. The molecule has 0 spiro atoms. The molecule has 24 heavy (non-hydrogen) atoms. The van der Waals surface area contributed by atoms with Crippen molar-refractivity contribution in [2.45, 2.75) is 75.6 Å². The number of amides is 1. The van der Waals surface area contributed by atoms with Crippen LogP contribution in [0.2, 0.25) is 0 Å². The molecule has 5 heterocycles. The Balaban J connectivity index is 1.43. The van der Waals surface area contributed by atoms with E-state index in [0.29, 0.717) is 19.3 Å². The van der Waals surface area contributed by atoms with Crippen molar-refractivity contribution < 1.29 is 19.0 Å². The number of nitrogens with two attached hydrogens (primary N) is 1. The van der Waals surface area contributed by atoms with Crippen LogP contribution < -0.4 is 5.73 Å². The van der Waals surface area contributed by atoms with Gasteiger partial charge in [0.1, 0.15) is 17.8 Å². The molecule has 0 aromatic rings. The smallest absolute Gasteiger partial charge is 0.410 e. The zero-order valence-corrected chi connectivity index (χ0v) is 14.8. The van der Waals surface area contributed by atoms with Crippen molar-refractivity contribution in [3.05, 3.63) is 0 Å². The van der Waals surface area contributed by atoms with Crippen LogP contribution in [0.4, 0.5) is 4.79 Å². The molecule has 136 valence electrons. The first-order chi connectivity index (χ1) is 11.3. The van der Waals surface area contributed by atoms with Gasteiger partial charge in [0.25, 0.3) is 0 Å². The summed E-state index contributed by atoms with van der Waals surface area (Å²) in [5.41, 5.74) is 5.62. The monoisotopic (exact) mass is 339 g/mol. The zero-order valence-electron chi connectivity index (χ0n) is 14.8. The Morgan fingerprint density at radius 2 is 1.79 bits per heavy atom. The predicted octanol–water partition coefficient (Wildman–Crippen LogP) is 0.564. The lowest BCUT2D eigenvalue weighted by Gasteiger charge is -2.53. The van der Waals surface area contributed by atoms with E-state index in [4.69, 9.17) is 19.9 Å². The fourth-order valence-corrected chi connectivity index (χ4v) is 4.60. The maximum absolute atomic E-state index is 12.5. The van der Waals surface area contributed by atoms with Gasteiger partial charge in [-0.15, -0.1) is 0 Å². The van der Waals surface area contributed by atoms with Crippen LogP contribution in [0, 0.1) is 0 Å². The minimum atomic E-state index is -0.451. The van der Waals surface area contributed by atoms with Crippen molar-refractivity contribution in [2.75, 3.05) is 26.3 Å². The molecule has 6 atom stereocenters. The molecule has 1 amide bonds. The average molecular weight is 339 g/mol. The molecule has 0 aromatic heterocycles. The van der Waals surface area contributed by atoms with Crippen LogP contribution >= 0.6 is 0 Å². The molecular weight excluding hydrogens is 310 g/mol. The van der Waals surface area contributed by atoms with E-state index in [9.17, 15) is 4.79 Å². The van der Waals surface area contributed by atoms with Crippen LogP contribution in [0.3, 0.4) is 0 Å². The first-order valence-corrected chi connectivity index (χ1v) is 9.07. The highest BCUT2D eigenvalue weighted by Crippen LogP contribution is 2.37. The number of piperidine rings is 2. The topological polar surface area (TPSA) is 77.3 Å². The predicted molar refractivity (Wildman–Crippen MR) is 87.7 cm³/mol. The van der Waals surface area contributed by atoms with Gasteiger partial charge in [0.15, 0.2) is 0 Å². The minimum absolute atomic E-state index is 0.0137. The summed E-state index contributed by atoms with van der Waals surface area (Å²) in [5.74, 6) is 0. The van der Waals surface area contributed by atoms with E-state index in [2.05, 4.69) is 4.90 Å². The summed E-state index contributed by atoms with van der Waals surface area (Å²) in [4.78, 5) is 16.9. The molecule has 5 aliphatic heterocycles. The summed E-state index contributed by atoms with van der Waals surface area (Å²) in [6.07, 6.45) is 2.08. The highest BCUT2D eigenvalue weighted by molar-refractivity contribution is 5.69. The van der Waals surface area contributed by atoms with Gasteiger partial charge >= 0.3 is 6.09 Å². The summed E-state index contributed by atoms with van der Waals surface area (Å²) >= 11 is 0. The van der Waals surface area contributed by atoms with E-state index < -0.39 is 5.60 Å². The van der Waals surface area contributed by atoms with E-state index >= 15 is 0 Å². The molecule has 5 saturated heterocycles. The van der Waals surface area contributed by atoms with E-state index in [1.807, 2.05) is 25.7 Å². The van der Waals surface area contributed by atoms with Crippen molar-refractivity contribution in [2.24, 2.45) is 5.73 Å². The van der Waals surface area contributed by atoms with Crippen LogP contribution in [-0.2, 0) is 14.2 Å². The molecule has 1 unspecified atom stereocenters. The quantitative estimate of drug-likeness (QED) is 0.752. The van der Waals surface area contributed by atoms with Gasteiger partial charge in [-0.05, 0) is 33.6 Å². The number of carbonyl (C=O) groups excluding carboxylic acids is 1. The lowest BCUT2D eigenvalue weighted by molar-refractivity contribution is -0.0723. The third kappa shape index (κ3) is 2.81. The number of hydrogen-bond donors (Lipinski definition) is 1. The highest BCUT2D eigenvalue weighted by atomic mass is 16.6. The number of fused-ring (bicyclic) bond motifs is 4. The van der Waals surface area contributed by atoms with Crippen molar-refractivity contribution >= 4 is 6.09 Å². The van der Waals surface area contributed by atoms with Crippen LogP contribution in [0.25, 0.3) is 0 Å². The van der Waals surface area contributed by atoms with Crippen molar-refractivity contribution in [1.29, 1.82) is 0 Å². The van der Waals surface area contributed by atoms with E-state index in [1.54, 1.807) is 0 Å². The summed E-state index contributed by atoms with van der Waals surface area (Å²) in [7, 11) is 0. The maximum atomic E-state index is 12.5. The SMILES string of the molecule is CC(C)(C)OC(=O)N1CC2CC[C@H]1CN2[C@H]1CO[C@H]2[C@@H]1OC[C@@H]2N. The van der Waals surface area contributed by atoms with Gasteiger partial charge in [0.05, 0.1) is 25.3 Å². The molecule has 5 rings (SSSR count). The zero-order chi connectivity index (χ0) is 17.1. The Morgan fingerprint density at radius 3 is 2.46 bits per heavy atom. The number of hydrogen-bond acceptors (Lipinski definition) is 6. The molecule has 0 radical (unpaired) electrons. The number of ether oxygens (including phenoxy) is 3. The number of carbonyl (C=O) groups is 1. The van der Waals surface area contributed by atoms with E-state index in [0.717, 1.165) is 25.9 Å². The maximum Gasteiger partial charge on any atom is 0.410 e. The molecule has 7 heteroatoms. The molecule has 0 aliphatic carbocycles. The Kier molecular flexibility index (Phi) is 4.03. The van der Waals surface area contributed by atoms with Crippen LogP contribution in [-0.4, -0.2) is 84.2 Å². The van der Waals surface area contributed by atoms with Crippen LogP contribution in [0.1, 0.15) is 33.6 Å². The summed E-state index contributed by atoms with van der Waals surface area (Å²) in [6, 6.07) is 0.826. The van der Waals surface area contributed by atoms with Gasteiger partial charge in [-0.1, -0.05) is 0 Å². The minimum Gasteiger partial charge on any atom is -0.444 e. The van der Waals surface area contributed by atoms with Crippen LogP contribution in [0.15, 0.2) is 0 Å². The Hall–Kier alpha value is -0.890. The Labute approximate surface area is 143 Å². The number of piperazine rings is 1. The standard InChI is InChI=1S/C17H29N3O4/c1-17(2,3)24-16(21)20-7-10-4-5-11(20)6-19(10)13-9-23-14-12(18)8-22-15(13)14/h10-15H,4-9,18H2,1-3H3/t10?,11-,12-,13-,14+,15+/m0/s1. The molecule has 0 aromatic carbocycles. The number of rotatable bonds is 1.